The van der Waals surface area contributed by atoms with Gasteiger partial charge in [0.15, 0.2) is 11.6 Å². The quantitative estimate of drug-likeness (QED) is 0.519. The van der Waals surface area contributed by atoms with Crippen molar-refractivity contribution in [3.8, 4) is 23.0 Å². The van der Waals surface area contributed by atoms with E-state index in [1.807, 2.05) is 60.7 Å². The summed E-state index contributed by atoms with van der Waals surface area (Å²) >= 11 is 0. The first kappa shape index (κ1) is 15.3. The SMILES string of the molecule is Nc1nc(-c2nccc3ccccc23)nc(-c2nccc3ccccc23)n1. The van der Waals surface area contributed by atoms with Gasteiger partial charge in [0.1, 0.15) is 11.4 Å². The van der Waals surface area contributed by atoms with Gasteiger partial charge in [0.25, 0.3) is 0 Å². The molecular formula is C21H14N6. The average molecular weight is 350 g/mol. The minimum Gasteiger partial charge on any atom is -0.368 e. The third-order valence-electron chi connectivity index (χ3n) is 4.42. The summed E-state index contributed by atoms with van der Waals surface area (Å²) < 4.78 is 0. The Balaban J connectivity index is 1.76. The lowest BCUT2D eigenvalue weighted by molar-refractivity contribution is 1.06. The molecule has 2 aromatic carbocycles. The minimum atomic E-state index is 0.138. The lowest BCUT2D eigenvalue weighted by atomic mass is 10.1. The van der Waals surface area contributed by atoms with Gasteiger partial charge in [-0.15, -0.1) is 0 Å². The number of pyridine rings is 2. The number of nitrogens with zero attached hydrogens (tertiary/aromatic N) is 5. The van der Waals surface area contributed by atoms with Gasteiger partial charge in [-0.3, -0.25) is 9.97 Å². The van der Waals surface area contributed by atoms with Crippen LogP contribution in [0.1, 0.15) is 0 Å². The summed E-state index contributed by atoms with van der Waals surface area (Å²) in [6.45, 7) is 0. The van der Waals surface area contributed by atoms with Crippen molar-refractivity contribution in [3.05, 3.63) is 73.1 Å². The molecule has 0 saturated heterocycles. The number of rotatable bonds is 2. The van der Waals surface area contributed by atoms with Crippen LogP contribution >= 0.6 is 0 Å². The first-order chi connectivity index (χ1) is 13.3. The Morgan fingerprint density at radius 3 is 1.56 bits per heavy atom. The van der Waals surface area contributed by atoms with E-state index in [2.05, 4.69) is 24.9 Å². The summed E-state index contributed by atoms with van der Waals surface area (Å²) in [5, 5.41) is 4.04. The second kappa shape index (κ2) is 6.10. The molecule has 128 valence electrons. The zero-order valence-electron chi connectivity index (χ0n) is 14.2. The molecular weight excluding hydrogens is 336 g/mol. The van der Waals surface area contributed by atoms with Crippen molar-refractivity contribution in [2.24, 2.45) is 0 Å². The minimum absolute atomic E-state index is 0.138. The second-order valence-corrected chi connectivity index (χ2v) is 6.10. The molecule has 0 spiro atoms. The van der Waals surface area contributed by atoms with Gasteiger partial charge in [0, 0.05) is 23.2 Å². The van der Waals surface area contributed by atoms with Gasteiger partial charge in [-0.25, -0.2) is 4.98 Å². The highest BCUT2D eigenvalue weighted by atomic mass is 15.1. The van der Waals surface area contributed by atoms with E-state index >= 15 is 0 Å². The molecule has 0 bridgehead atoms. The van der Waals surface area contributed by atoms with Crippen LogP contribution in [0.3, 0.4) is 0 Å². The Morgan fingerprint density at radius 2 is 1.04 bits per heavy atom. The first-order valence-electron chi connectivity index (χ1n) is 8.49. The number of nitrogens with two attached hydrogens (primary N) is 1. The van der Waals surface area contributed by atoms with Gasteiger partial charge in [-0.2, -0.15) is 9.97 Å². The van der Waals surface area contributed by atoms with Crippen molar-refractivity contribution in [2.45, 2.75) is 0 Å². The topological polar surface area (TPSA) is 90.5 Å². The summed E-state index contributed by atoms with van der Waals surface area (Å²) in [7, 11) is 0. The maximum atomic E-state index is 6.00. The Morgan fingerprint density at radius 1 is 0.556 bits per heavy atom. The fourth-order valence-electron chi connectivity index (χ4n) is 3.20. The van der Waals surface area contributed by atoms with E-state index in [0.29, 0.717) is 23.0 Å². The van der Waals surface area contributed by atoms with Crippen LogP contribution in [0.5, 0.6) is 0 Å². The fraction of sp³-hybridized carbons (Fsp3) is 0. The van der Waals surface area contributed by atoms with Gasteiger partial charge in [-0.1, -0.05) is 48.5 Å². The third kappa shape index (κ3) is 2.64. The number of aromatic nitrogens is 5. The Hall–Kier alpha value is -3.93. The van der Waals surface area contributed by atoms with Crippen molar-refractivity contribution >= 4 is 27.5 Å². The van der Waals surface area contributed by atoms with Crippen LogP contribution in [-0.2, 0) is 0 Å². The van der Waals surface area contributed by atoms with Crippen LogP contribution < -0.4 is 5.73 Å². The van der Waals surface area contributed by atoms with Crippen molar-refractivity contribution in [1.82, 2.24) is 24.9 Å². The standard InChI is InChI=1S/C21H14N6/c22-21-26-19(17-15-7-3-1-5-13(15)9-11-23-17)25-20(27-21)18-16-8-4-2-6-14(16)10-12-24-18/h1-12H,(H2,22,25,26,27). The van der Waals surface area contributed by atoms with Crippen LogP contribution in [0, 0.1) is 0 Å². The summed E-state index contributed by atoms with van der Waals surface area (Å²) in [6.07, 6.45) is 3.49. The van der Waals surface area contributed by atoms with Gasteiger partial charge < -0.3 is 5.73 Å². The predicted molar refractivity (Wildman–Crippen MR) is 106 cm³/mol. The molecule has 27 heavy (non-hydrogen) atoms. The van der Waals surface area contributed by atoms with Crippen LogP contribution in [0.4, 0.5) is 5.95 Å². The summed E-state index contributed by atoms with van der Waals surface area (Å²) in [5.74, 6) is 1.01. The highest BCUT2D eigenvalue weighted by molar-refractivity contribution is 5.95. The van der Waals surface area contributed by atoms with Crippen molar-refractivity contribution in [2.75, 3.05) is 5.73 Å². The molecule has 5 aromatic rings. The molecule has 3 aromatic heterocycles. The van der Waals surface area contributed by atoms with Gasteiger partial charge in [0.2, 0.25) is 5.95 Å². The summed E-state index contributed by atoms with van der Waals surface area (Å²) in [6, 6.07) is 19.8. The summed E-state index contributed by atoms with van der Waals surface area (Å²) in [5.41, 5.74) is 7.34. The number of nitrogen functional groups attached to an aromatic ring is 1. The van der Waals surface area contributed by atoms with Crippen molar-refractivity contribution in [3.63, 3.8) is 0 Å². The van der Waals surface area contributed by atoms with Crippen molar-refractivity contribution < 1.29 is 0 Å². The van der Waals surface area contributed by atoms with E-state index in [0.717, 1.165) is 21.5 Å². The number of fused-ring (bicyclic) bond motifs is 2. The smallest absolute Gasteiger partial charge is 0.224 e. The van der Waals surface area contributed by atoms with Gasteiger partial charge in [0.05, 0.1) is 0 Å². The zero-order valence-corrected chi connectivity index (χ0v) is 14.2. The van der Waals surface area contributed by atoms with E-state index in [4.69, 9.17) is 5.73 Å². The second-order valence-electron chi connectivity index (χ2n) is 6.10. The average Bonchev–Trinajstić information content (AvgIpc) is 2.72. The highest BCUT2D eigenvalue weighted by Crippen LogP contribution is 2.28. The van der Waals surface area contributed by atoms with E-state index in [-0.39, 0.29) is 5.95 Å². The van der Waals surface area contributed by atoms with E-state index in [9.17, 15) is 0 Å². The molecule has 0 radical (unpaired) electrons. The summed E-state index contributed by atoms with van der Waals surface area (Å²) in [4.78, 5) is 22.3. The third-order valence-corrected chi connectivity index (χ3v) is 4.42. The van der Waals surface area contributed by atoms with Crippen LogP contribution in [0.15, 0.2) is 73.1 Å². The monoisotopic (exact) mass is 350 g/mol. The number of hydrogen-bond acceptors (Lipinski definition) is 6. The number of benzene rings is 2. The molecule has 5 rings (SSSR count). The first-order valence-corrected chi connectivity index (χ1v) is 8.49. The predicted octanol–water partition coefficient (Wildman–Crippen LogP) is 3.88. The van der Waals surface area contributed by atoms with Crippen LogP contribution in [0.2, 0.25) is 0 Å². The number of hydrogen-bond donors (Lipinski definition) is 1. The lowest BCUT2D eigenvalue weighted by Crippen LogP contribution is -2.04. The van der Waals surface area contributed by atoms with Gasteiger partial charge in [-0.05, 0) is 22.9 Å². The molecule has 0 aliphatic heterocycles. The molecule has 0 aliphatic rings. The van der Waals surface area contributed by atoms with E-state index < -0.39 is 0 Å². The zero-order chi connectivity index (χ0) is 18.2. The maximum absolute atomic E-state index is 6.00. The molecule has 0 aliphatic carbocycles. The molecule has 0 amide bonds. The van der Waals surface area contributed by atoms with E-state index in [1.54, 1.807) is 12.4 Å². The van der Waals surface area contributed by atoms with Gasteiger partial charge >= 0.3 is 0 Å². The van der Waals surface area contributed by atoms with Crippen molar-refractivity contribution in [1.29, 1.82) is 0 Å². The molecule has 6 nitrogen and oxygen atoms in total. The lowest BCUT2D eigenvalue weighted by Gasteiger charge is -2.08. The molecule has 0 saturated carbocycles. The molecule has 0 atom stereocenters. The Labute approximate surface area is 154 Å². The Bertz CT molecular complexity index is 1190. The number of anilines is 1. The Kier molecular flexibility index (Phi) is 3.47. The molecule has 2 N–H and O–H groups in total. The molecule has 3 heterocycles. The van der Waals surface area contributed by atoms with E-state index in [1.165, 1.54) is 0 Å². The molecule has 6 heteroatoms. The maximum Gasteiger partial charge on any atom is 0.224 e. The fourth-order valence-corrected chi connectivity index (χ4v) is 3.20. The van der Waals surface area contributed by atoms with Crippen LogP contribution in [-0.4, -0.2) is 24.9 Å². The largest absolute Gasteiger partial charge is 0.368 e. The molecule has 0 unspecified atom stereocenters. The normalized spacial score (nSPS) is 11.1. The highest BCUT2D eigenvalue weighted by Gasteiger charge is 2.15. The van der Waals surface area contributed by atoms with Crippen LogP contribution in [0.25, 0.3) is 44.6 Å². The molecule has 0 fully saturated rings.